The van der Waals surface area contributed by atoms with E-state index in [0.29, 0.717) is 16.9 Å². The second-order valence-electron chi connectivity index (χ2n) is 4.61. The molecule has 0 saturated heterocycles. The molecule has 0 amide bonds. The number of carbonyl (C=O) groups is 1. The highest BCUT2D eigenvalue weighted by Gasteiger charge is 2.50. The minimum atomic E-state index is -0.678. The first-order chi connectivity index (χ1) is 7.56. The Labute approximate surface area is 102 Å². The van der Waals surface area contributed by atoms with Crippen LogP contribution in [0.2, 0.25) is 0 Å². The quantitative estimate of drug-likeness (QED) is 0.689. The van der Waals surface area contributed by atoms with Crippen LogP contribution in [0.3, 0.4) is 0 Å². The maximum absolute atomic E-state index is 11.5. The van der Waals surface area contributed by atoms with Gasteiger partial charge in [0.1, 0.15) is 5.54 Å². The summed E-state index contributed by atoms with van der Waals surface area (Å²) in [7, 11) is 0. The molecule has 94 valence electrons. The van der Waals surface area contributed by atoms with Crippen molar-refractivity contribution in [3.8, 4) is 0 Å². The van der Waals surface area contributed by atoms with E-state index in [4.69, 9.17) is 0 Å². The first-order valence-corrected chi connectivity index (χ1v) is 7.21. The molecule has 16 heavy (non-hydrogen) atoms. The zero-order chi connectivity index (χ0) is 12.2. The monoisotopic (exact) mass is 245 g/mol. The first kappa shape index (κ1) is 13.8. The molecule has 1 aliphatic rings. The standard InChI is InChI=1S/C12H23NO2S/c1-4-9(3)16-8-12(11(14)15,13-5-2)10-6-7-10/h9-10,13H,4-8H2,1-3H3,(H,14,15). The molecule has 0 bridgehead atoms. The van der Waals surface area contributed by atoms with E-state index in [-0.39, 0.29) is 0 Å². The Balaban J connectivity index is 2.64. The number of carboxylic acids is 1. The number of thioether (sulfide) groups is 1. The van der Waals surface area contributed by atoms with Gasteiger partial charge in [-0.1, -0.05) is 20.8 Å². The number of hydrogen-bond acceptors (Lipinski definition) is 3. The topological polar surface area (TPSA) is 49.3 Å². The second-order valence-corrected chi connectivity index (χ2v) is 6.04. The molecule has 4 heteroatoms. The molecule has 1 saturated carbocycles. The molecule has 1 fully saturated rings. The normalized spacial score (nSPS) is 21.4. The van der Waals surface area contributed by atoms with E-state index >= 15 is 0 Å². The number of hydrogen-bond donors (Lipinski definition) is 2. The first-order valence-electron chi connectivity index (χ1n) is 6.16. The molecular formula is C12H23NO2S. The van der Waals surface area contributed by atoms with Gasteiger partial charge in [-0.2, -0.15) is 11.8 Å². The van der Waals surface area contributed by atoms with Crippen LogP contribution in [0.5, 0.6) is 0 Å². The van der Waals surface area contributed by atoms with Gasteiger partial charge in [0, 0.05) is 11.0 Å². The predicted octanol–water partition coefficient (Wildman–Crippen LogP) is 2.36. The maximum Gasteiger partial charge on any atom is 0.325 e. The molecule has 0 aromatic heterocycles. The third-order valence-electron chi connectivity index (χ3n) is 3.32. The van der Waals surface area contributed by atoms with E-state index in [9.17, 15) is 9.90 Å². The van der Waals surface area contributed by atoms with Crippen molar-refractivity contribution < 1.29 is 9.90 Å². The molecule has 2 atom stereocenters. The van der Waals surface area contributed by atoms with Gasteiger partial charge in [0.05, 0.1) is 0 Å². The van der Waals surface area contributed by atoms with Gasteiger partial charge in [-0.15, -0.1) is 0 Å². The zero-order valence-corrected chi connectivity index (χ0v) is 11.3. The summed E-state index contributed by atoms with van der Waals surface area (Å²) >= 11 is 1.78. The molecule has 1 rings (SSSR count). The van der Waals surface area contributed by atoms with Crippen LogP contribution in [-0.2, 0) is 4.79 Å². The summed E-state index contributed by atoms with van der Waals surface area (Å²) in [6.07, 6.45) is 3.21. The van der Waals surface area contributed by atoms with Crippen LogP contribution in [0.1, 0.15) is 40.0 Å². The molecule has 0 aromatic rings. The molecule has 0 spiro atoms. The number of carboxylic acid groups (broad SMARTS) is 1. The summed E-state index contributed by atoms with van der Waals surface area (Å²) in [5.41, 5.74) is -0.678. The van der Waals surface area contributed by atoms with Gasteiger partial charge < -0.3 is 10.4 Å². The van der Waals surface area contributed by atoms with E-state index in [1.54, 1.807) is 11.8 Å². The number of aliphatic carboxylic acids is 1. The lowest BCUT2D eigenvalue weighted by molar-refractivity contribution is -0.144. The largest absolute Gasteiger partial charge is 0.480 e. The SMILES string of the molecule is CCNC(CSC(C)CC)(C(=O)O)C1CC1. The summed E-state index contributed by atoms with van der Waals surface area (Å²) < 4.78 is 0. The summed E-state index contributed by atoms with van der Waals surface area (Å²) in [6.45, 7) is 7.01. The van der Waals surface area contributed by atoms with Gasteiger partial charge in [-0.05, 0) is 31.7 Å². The average molecular weight is 245 g/mol. The van der Waals surface area contributed by atoms with Gasteiger partial charge in [0.2, 0.25) is 0 Å². The Hall–Kier alpha value is -0.220. The van der Waals surface area contributed by atoms with E-state index in [2.05, 4.69) is 19.2 Å². The Morgan fingerprint density at radius 1 is 1.56 bits per heavy atom. The van der Waals surface area contributed by atoms with Gasteiger partial charge >= 0.3 is 5.97 Å². The fourth-order valence-electron chi connectivity index (χ4n) is 1.91. The Bertz CT molecular complexity index is 243. The third-order valence-corrected chi connectivity index (χ3v) is 4.84. The highest BCUT2D eigenvalue weighted by Crippen LogP contribution is 2.42. The summed E-state index contributed by atoms with van der Waals surface area (Å²) in [5.74, 6) is 0.352. The Morgan fingerprint density at radius 2 is 2.19 bits per heavy atom. The van der Waals surface area contributed by atoms with Crippen LogP contribution in [0.15, 0.2) is 0 Å². The smallest absolute Gasteiger partial charge is 0.325 e. The average Bonchev–Trinajstić information content (AvgIpc) is 3.07. The molecular weight excluding hydrogens is 222 g/mol. The van der Waals surface area contributed by atoms with Crippen molar-refractivity contribution in [2.75, 3.05) is 12.3 Å². The highest BCUT2D eigenvalue weighted by molar-refractivity contribution is 8.00. The van der Waals surface area contributed by atoms with Crippen molar-refractivity contribution in [3.05, 3.63) is 0 Å². The van der Waals surface area contributed by atoms with E-state index in [1.165, 1.54) is 0 Å². The van der Waals surface area contributed by atoms with Crippen molar-refractivity contribution in [2.24, 2.45) is 5.92 Å². The zero-order valence-electron chi connectivity index (χ0n) is 10.5. The molecule has 0 heterocycles. The Kier molecular flexibility index (Phi) is 5.12. The summed E-state index contributed by atoms with van der Waals surface area (Å²) in [4.78, 5) is 11.5. The van der Waals surface area contributed by atoms with Crippen LogP contribution in [0, 0.1) is 5.92 Å². The molecule has 2 N–H and O–H groups in total. The lowest BCUT2D eigenvalue weighted by Gasteiger charge is -2.31. The highest BCUT2D eigenvalue weighted by atomic mass is 32.2. The molecule has 0 radical (unpaired) electrons. The van der Waals surface area contributed by atoms with Crippen LogP contribution in [-0.4, -0.2) is 34.2 Å². The lowest BCUT2D eigenvalue weighted by Crippen LogP contribution is -2.56. The van der Waals surface area contributed by atoms with Gasteiger partial charge in [-0.25, -0.2) is 0 Å². The van der Waals surface area contributed by atoms with Crippen molar-refractivity contribution in [1.29, 1.82) is 0 Å². The minimum Gasteiger partial charge on any atom is -0.480 e. The second kappa shape index (κ2) is 5.92. The van der Waals surface area contributed by atoms with Crippen LogP contribution in [0.25, 0.3) is 0 Å². The van der Waals surface area contributed by atoms with Crippen LogP contribution < -0.4 is 5.32 Å². The predicted molar refractivity (Wildman–Crippen MR) is 69.0 cm³/mol. The van der Waals surface area contributed by atoms with Crippen molar-refractivity contribution in [2.45, 2.75) is 50.8 Å². The number of likely N-dealkylation sites (N-methyl/N-ethyl adjacent to an activating group) is 1. The van der Waals surface area contributed by atoms with Gasteiger partial charge in [0.15, 0.2) is 0 Å². The van der Waals surface area contributed by atoms with Crippen LogP contribution >= 0.6 is 11.8 Å². The van der Waals surface area contributed by atoms with Crippen LogP contribution in [0.4, 0.5) is 0 Å². The molecule has 0 aliphatic heterocycles. The number of rotatable bonds is 8. The van der Waals surface area contributed by atoms with Crippen molar-refractivity contribution in [1.82, 2.24) is 5.32 Å². The van der Waals surface area contributed by atoms with Crippen molar-refractivity contribution in [3.63, 3.8) is 0 Å². The maximum atomic E-state index is 11.5. The molecule has 3 nitrogen and oxygen atoms in total. The molecule has 2 unspecified atom stereocenters. The fraction of sp³-hybridized carbons (Fsp3) is 0.917. The van der Waals surface area contributed by atoms with Gasteiger partial charge in [0.25, 0.3) is 0 Å². The molecule has 1 aliphatic carbocycles. The van der Waals surface area contributed by atoms with E-state index in [1.807, 2.05) is 6.92 Å². The van der Waals surface area contributed by atoms with Gasteiger partial charge in [-0.3, -0.25) is 4.79 Å². The Morgan fingerprint density at radius 3 is 2.56 bits per heavy atom. The summed E-state index contributed by atoms with van der Waals surface area (Å²) in [5, 5.41) is 13.2. The van der Waals surface area contributed by atoms with Crippen molar-refractivity contribution >= 4 is 17.7 Å². The summed E-state index contributed by atoms with van der Waals surface area (Å²) in [6, 6.07) is 0. The van der Waals surface area contributed by atoms with E-state index in [0.717, 1.165) is 25.8 Å². The number of nitrogens with one attached hydrogen (secondary N) is 1. The fourth-order valence-corrected chi connectivity index (χ4v) is 3.15. The third kappa shape index (κ3) is 3.14. The molecule has 0 aromatic carbocycles. The minimum absolute atomic E-state index is 0.335. The van der Waals surface area contributed by atoms with E-state index < -0.39 is 11.5 Å². The lowest BCUT2D eigenvalue weighted by atomic mass is 9.96.